The Balaban J connectivity index is 1.45. The van der Waals surface area contributed by atoms with Crippen LogP contribution >= 0.6 is 20.0 Å². The van der Waals surface area contributed by atoms with Crippen molar-refractivity contribution in [2.24, 2.45) is 11.3 Å². The monoisotopic (exact) mass is 876 g/mol. The van der Waals surface area contributed by atoms with E-state index in [4.69, 9.17) is 36.5 Å². The van der Waals surface area contributed by atoms with Crippen LogP contribution in [0.3, 0.4) is 0 Å². The fourth-order valence-corrected chi connectivity index (χ4v) is 11.2. The number of rotatable bonds is 16. The van der Waals surface area contributed by atoms with E-state index in [2.05, 4.69) is 20.0 Å². The van der Waals surface area contributed by atoms with Crippen LogP contribution in [-0.4, -0.2) is 75.6 Å². The molecule has 61 heavy (non-hydrogen) atoms. The van der Waals surface area contributed by atoms with Crippen molar-refractivity contribution >= 4 is 42.1 Å². The van der Waals surface area contributed by atoms with Gasteiger partial charge < -0.3 is 30.5 Å². The lowest BCUT2D eigenvalue weighted by molar-refractivity contribution is -0.104. The van der Waals surface area contributed by atoms with Crippen LogP contribution in [0.2, 0.25) is 0 Å². The summed E-state index contributed by atoms with van der Waals surface area (Å²) in [6.45, 7) is 14.3. The molecule has 0 radical (unpaired) electrons. The standard InChI is InChI=1S/C44H57N6O9PS/c1-9-19-28(4)44(41(5,6)7,39(61)57-43(29-20-13-10-14-21-29,30-22-15-11-16-23-30)31-24-17-12-18-25-31)59-60(55,58-27(2)3)49-37(53)33-34(51)42(8,54)38(56-33)50-26-46-32-35(50)47-40(45)48-36(32)52/h10-18,20-28,33-34,37-38,51,53-54H,9,19H2,1-8H3,(H,49,55)(H3,45,47,48,52)/t28?,33-,34+,37?,38+,42+,44?,60?/m0/s1. The molecule has 4 unspecified atom stereocenters. The number of thiocarbonyl (C=S) groups is 1. The summed E-state index contributed by atoms with van der Waals surface area (Å²) in [5.41, 5.74) is 1.30. The quantitative estimate of drug-likeness (QED) is 0.0263. The molecular weight excluding hydrogens is 820 g/mol. The van der Waals surface area contributed by atoms with Crippen LogP contribution in [0.1, 0.15) is 91.1 Å². The SMILES string of the molecule is CCCC(C)C(OP(=O)(NC(O)[C@H]1O[C@@H](n2cnc3c(=O)[nH]c(N)nc32)[C@](C)(O)[C@@H]1O)OC(C)C)(C(=S)OC(c1ccccc1)(c1ccccc1)c1ccccc1)C(C)(C)C. The highest BCUT2D eigenvalue weighted by Gasteiger charge is 2.61. The van der Waals surface area contributed by atoms with E-state index in [0.29, 0.717) is 12.8 Å². The van der Waals surface area contributed by atoms with E-state index >= 15 is 4.57 Å². The predicted octanol–water partition coefficient (Wildman–Crippen LogP) is 6.73. The minimum atomic E-state index is -4.75. The average molecular weight is 877 g/mol. The van der Waals surface area contributed by atoms with Gasteiger partial charge in [-0.15, -0.1) is 0 Å². The Morgan fingerprint density at radius 2 is 1.54 bits per heavy atom. The van der Waals surface area contributed by atoms with Gasteiger partial charge in [0.1, 0.15) is 24.0 Å². The van der Waals surface area contributed by atoms with E-state index in [9.17, 15) is 20.1 Å². The highest BCUT2D eigenvalue weighted by Crippen LogP contribution is 2.58. The van der Waals surface area contributed by atoms with Gasteiger partial charge in [0.25, 0.3) is 5.56 Å². The Bertz CT molecular complexity index is 2300. The maximum Gasteiger partial charge on any atom is 0.408 e. The molecule has 2 aromatic heterocycles. The summed E-state index contributed by atoms with van der Waals surface area (Å²) in [5.74, 6) is -0.682. The molecule has 17 heteroatoms. The van der Waals surface area contributed by atoms with E-state index in [-0.39, 0.29) is 22.2 Å². The number of benzene rings is 3. The first kappa shape index (κ1) is 46.2. The maximum atomic E-state index is 15.6. The number of imidazole rings is 1. The topological polar surface area (TPSA) is 216 Å². The van der Waals surface area contributed by atoms with Crippen LogP contribution in [0.4, 0.5) is 5.95 Å². The van der Waals surface area contributed by atoms with Crippen LogP contribution in [0, 0.1) is 11.3 Å². The molecule has 328 valence electrons. The fraction of sp³-hybridized carbons (Fsp3) is 0.455. The third-order valence-corrected chi connectivity index (χ3v) is 13.4. The van der Waals surface area contributed by atoms with Crippen molar-refractivity contribution in [3.05, 3.63) is 124 Å². The summed E-state index contributed by atoms with van der Waals surface area (Å²) in [6.07, 6.45) is -5.16. The van der Waals surface area contributed by atoms with E-state index < -0.39 is 72.2 Å². The molecule has 15 nitrogen and oxygen atoms in total. The molecule has 1 fully saturated rings. The molecule has 0 bridgehead atoms. The summed E-state index contributed by atoms with van der Waals surface area (Å²) in [7, 11) is -4.75. The number of nitrogens with two attached hydrogens (primary N) is 1. The number of aliphatic hydroxyl groups excluding tert-OH is 2. The Hall–Kier alpha value is -4.35. The number of nitrogen functional groups attached to an aromatic ring is 1. The molecule has 5 aromatic rings. The maximum absolute atomic E-state index is 15.6. The number of aromatic amines is 1. The fourth-order valence-electron chi connectivity index (χ4n) is 8.39. The number of aliphatic hydroxyl groups is 3. The molecule has 1 aliphatic heterocycles. The largest absolute Gasteiger partial charge is 0.463 e. The number of hydrogen-bond acceptors (Lipinski definition) is 13. The molecule has 3 heterocycles. The number of aromatic nitrogens is 4. The van der Waals surface area contributed by atoms with Crippen molar-refractivity contribution in [1.82, 2.24) is 24.6 Å². The molecule has 1 saturated heterocycles. The first-order valence-corrected chi connectivity index (χ1v) is 22.3. The Morgan fingerprint density at radius 1 is 1.02 bits per heavy atom. The first-order chi connectivity index (χ1) is 28.7. The van der Waals surface area contributed by atoms with Crippen LogP contribution in [0.15, 0.2) is 102 Å². The molecule has 0 amide bonds. The molecule has 7 N–H and O–H groups in total. The summed E-state index contributed by atoms with van der Waals surface area (Å²) < 4.78 is 43.3. The van der Waals surface area contributed by atoms with Crippen molar-refractivity contribution in [2.75, 3.05) is 5.73 Å². The normalized spacial score (nSPS) is 22.7. The molecule has 1 aliphatic rings. The van der Waals surface area contributed by atoms with Crippen molar-refractivity contribution in [2.45, 2.75) is 116 Å². The molecule has 6 rings (SSSR count). The Morgan fingerprint density at radius 3 is 2.02 bits per heavy atom. The third kappa shape index (κ3) is 8.70. The summed E-state index contributed by atoms with van der Waals surface area (Å²) in [5, 5.41) is 37.7. The van der Waals surface area contributed by atoms with Crippen molar-refractivity contribution in [1.29, 1.82) is 0 Å². The van der Waals surface area contributed by atoms with Crippen LogP contribution in [0.5, 0.6) is 0 Å². The molecule has 0 saturated carbocycles. The number of H-pyrrole nitrogens is 1. The van der Waals surface area contributed by atoms with Gasteiger partial charge in [0, 0.05) is 22.1 Å². The van der Waals surface area contributed by atoms with Gasteiger partial charge in [0.15, 0.2) is 33.6 Å². The van der Waals surface area contributed by atoms with Gasteiger partial charge in [-0.25, -0.2) is 9.55 Å². The second kappa shape index (κ2) is 17.8. The van der Waals surface area contributed by atoms with Crippen LogP contribution in [-0.2, 0) is 28.7 Å². The third-order valence-electron chi connectivity index (χ3n) is 11.2. The molecular formula is C44H57N6O9PS. The second-order valence-corrected chi connectivity index (χ2v) is 19.1. The van der Waals surface area contributed by atoms with E-state index in [1.165, 1.54) is 17.8 Å². The number of hydrogen-bond donors (Lipinski definition) is 6. The molecule has 0 aliphatic carbocycles. The van der Waals surface area contributed by atoms with Crippen molar-refractivity contribution < 1.29 is 38.4 Å². The van der Waals surface area contributed by atoms with Crippen molar-refractivity contribution in [3.63, 3.8) is 0 Å². The summed E-state index contributed by atoms with van der Waals surface area (Å²) in [4.78, 5) is 23.2. The number of ether oxygens (including phenoxy) is 2. The Labute approximate surface area is 361 Å². The number of nitrogens with zero attached hydrogens (tertiary/aromatic N) is 3. The minimum Gasteiger partial charge on any atom is -0.463 e. The lowest BCUT2D eigenvalue weighted by atomic mass is 9.68. The zero-order valence-corrected chi connectivity index (χ0v) is 37.4. The minimum absolute atomic E-state index is 0.0183. The number of nitrogens with one attached hydrogen (secondary N) is 2. The van der Waals surface area contributed by atoms with Gasteiger partial charge in [-0.05, 0) is 45.3 Å². The van der Waals surface area contributed by atoms with Crippen molar-refractivity contribution in [3.8, 4) is 0 Å². The predicted molar refractivity (Wildman–Crippen MR) is 236 cm³/mol. The zero-order chi connectivity index (χ0) is 44.5. The summed E-state index contributed by atoms with van der Waals surface area (Å²) in [6, 6.07) is 29.1. The summed E-state index contributed by atoms with van der Waals surface area (Å²) >= 11 is 6.48. The van der Waals surface area contributed by atoms with E-state index in [0.717, 1.165) is 16.7 Å². The highest BCUT2D eigenvalue weighted by atomic mass is 32.1. The van der Waals surface area contributed by atoms with E-state index in [1.807, 2.05) is 126 Å². The van der Waals surface area contributed by atoms with Gasteiger partial charge in [-0.1, -0.05) is 132 Å². The lowest BCUT2D eigenvalue weighted by Crippen LogP contribution is -2.59. The zero-order valence-electron chi connectivity index (χ0n) is 35.7. The smallest absolute Gasteiger partial charge is 0.408 e. The van der Waals surface area contributed by atoms with Gasteiger partial charge in [-0.2, -0.15) is 10.1 Å². The van der Waals surface area contributed by atoms with E-state index in [1.54, 1.807) is 13.8 Å². The molecule has 8 atom stereocenters. The second-order valence-electron chi connectivity index (χ2n) is 17.1. The van der Waals surface area contributed by atoms with Gasteiger partial charge >= 0.3 is 7.75 Å². The van der Waals surface area contributed by atoms with Gasteiger partial charge in [0.2, 0.25) is 5.95 Å². The Kier molecular flexibility index (Phi) is 13.5. The van der Waals surface area contributed by atoms with Crippen LogP contribution < -0.4 is 16.4 Å². The first-order valence-electron chi connectivity index (χ1n) is 20.3. The van der Waals surface area contributed by atoms with Gasteiger partial charge in [-0.3, -0.25) is 23.4 Å². The lowest BCUT2D eigenvalue weighted by Gasteiger charge is -2.51. The molecule has 0 spiro atoms. The highest BCUT2D eigenvalue weighted by molar-refractivity contribution is 7.80. The van der Waals surface area contributed by atoms with Gasteiger partial charge in [0.05, 0.1) is 12.4 Å². The number of fused-ring (bicyclic) bond motifs is 1. The average Bonchev–Trinajstić information content (AvgIpc) is 3.72. The van der Waals surface area contributed by atoms with Crippen LogP contribution in [0.25, 0.3) is 11.2 Å². The number of anilines is 1. The molecule has 3 aromatic carbocycles.